The largest absolute Gasteiger partial charge is 0.143 e. The maximum absolute atomic E-state index is 4.29. The summed E-state index contributed by atoms with van der Waals surface area (Å²) in [6.45, 7) is 8.31. The van der Waals surface area contributed by atoms with Gasteiger partial charge in [0.25, 0.3) is 0 Å². The van der Waals surface area contributed by atoms with E-state index in [0.29, 0.717) is 0 Å². The Labute approximate surface area is 110 Å². The second-order valence-corrected chi connectivity index (χ2v) is 4.31. The van der Waals surface area contributed by atoms with Gasteiger partial charge in [-0.3, -0.25) is 0 Å². The van der Waals surface area contributed by atoms with Crippen molar-refractivity contribution in [2.24, 2.45) is 0 Å². The van der Waals surface area contributed by atoms with E-state index in [-0.39, 0.29) is 0 Å². The van der Waals surface area contributed by atoms with Crippen molar-refractivity contribution in [3.8, 4) is 11.1 Å². The van der Waals surface area contributed by atoms with Gasteiger partial charge in [0.05, 0.1) is 0 Å². The molecule has 17 heavy (non-hydrogen) atoms. The molecule has 2 aromatic rings. The van der Waals surface area contributed by atoms with E-state index in [4.69, 9.17) is 0 Å². The first-order valence-corrected chi connectivity index (χ1v) is 6.49. The summed E-state index contributed by atoms with van der Waals surface area (Å²) in [4.78, 5) is 1.00. The highest BCUT2D eigenvalue weighted by atomic mass is 32.1. The average molecular weight is 244 g/mol. The summed E-state index contributed by atoms with van der Waals surface area (Å²) in [6, 6.07) is 14.7. The van der Waals surface area contributed by atoms with Crippen LogP contribution in [0.15, 0.2) is 47.4 Å². The minimum absolute atomic E-state index is 1.00. The molecule has 2 rings (SSSR count). The molecule has 0 nitrogen and oxygen atoms in total. The monoisotopic (exact) mass is 244 g/mol. The molecule has 0 atom stereocenters. The first-order valence-electron chi connectivity index (χ1n) is 6.04. The molecule has 0 aliphatic heterocycles. The van der Waals surface area contributed by atoms with Crippen LogP contribution in [0, 0.1) is 13.8 Å². The fraction of sp³-hybridized carbons (Fsp3) is 0.250. The zero-order valence-electron chi connectivity index (χ0n) is 11.0. The van der Waals surface area contributed by atoms with E-state index < -0.39 is 0 Å². The highest BCUT2D eigenvalue weighted by Gasteiger charge is 2.02. The van der Waals surface area contributed by atoms with Crippen LogP contribution in [0.5, 0.6) is 0 Å². The van der Waals surface area contributed by atoms with Crippen molar-refractivity contribution in [3.63, 3.8) is 0 Å². The van der Waals surface area contributed by atoms with Gasteiger partial charge in [-0.2, -0.15) is 0 Å². The molecule has 90 valence electrons. The van der Waals surface area contributed by atoms with Crippen molar-refractivity contribution < 1.29 is 0 Å². The predicted molar refractivity (Wildman–Crippen MR) is 80.0 cm³/mol. The van der Waals surface area contributed by atoms with Gasteiger partial charge in [-0.15, -0.1) is 12.6 Å². The van der Waals surface area contributed by atoms with Crippen molar-refractivity contribution in [1.29, 1.82) is 0 Å². The summed E-state index contributed by atoms with van der Waals surface area (Å²) in [5, 5.41) is 0. The van der Waals surface area contributed by atoms with Gasteiger partial charge in [0.2, 0.25) is 0 Å². The maximum Gasteiger partial charge on any atom is 0.00404 e. The number of aryl methyl sites for hydroxylation is 1. The standard InChI is InChI=1S/C14H14S.C2H6/c1-10-4-3-5-14(11(10)2)12-6-8-13(15)9-7-12;1-2/h3-9,15H,1-2H3;1-2H3. The SMILES string of the molecule is CC.Cc1cccc(-c2ccc(S)cc2)c1C. The molecule has 0 fully saturated rings. The summed E-state index contributed by atoms with van der Waals surface area (Å²) in [5.74, 6) is 0. The van der Waals surface area contributed by atoms with Crippen LogP contribution in [-0.4, -0.2) is 0 Å². The van der Waals surface area contributed by atoms with Crippen LogP contribution in [0.4, 0.5) is 0 Å². The Bertz CT molecular complexity index is 469. The highest BCUT2D eigenvalue weighted by molar-refractivity contribution is 7.80. The van der Waals surface area contributed by atoms with Crippen LogP contribution in [-0.2, 0) is 0 Å². The topological polar surface area (TPSA) is 0 Å². The van der Waals surface area contributed by atoms with Crippen molar-refractivity contribution >= 4 is 12.6 Å². The van der Waals surface area contributed by atoms with Crippen LogP contribution in [0.3, 0.4) is 0 Å². The Kier molecular flexibility index (Phi) is 5.30. The molecule has 0 spiro atoms. The third kappa shape index (κ3) is 3.37. The Morgan fingerprint density at radius 3 is 2.00 bits per heavy atom. The van der Waals surface area contributed by atoms with E-state index >= 15 is 0 Å². The van der Waals surface area contributed by atoms with Gasteiger partial charge in [0.15, 0.2) is 0 Å². The van der Waals surface area contributed by atoms with Crippen LogP contribution in [0.25, 0.3) is 11.1 Å². The van der Waals surface area contributed by atoms with Gasteiger partial charge in [-0.05, 0) is 48.2 Å². The highest BCUT2D eigenvalue weighted by Crippen LogP contribution is 2.26. The lowest BCUT2D eigenvalue weighted by molar-refractivity contribution is 1.33. The van der Waals surface area contributed by atoms with Gasteiger partial charge in [0.1, 0.15) is 0 Å². The van der Waals surface area contributed by atoms with Crippen LogP contribution in [0.1, 0.15) is 25.0 Å². The molecule has 0 aromatic heterocycles. The first-order chi connectivity index (χ1) is 8.18. The Morgan fingerprint density at radius 2 is 1.41 bits per heavy atom. The summed E-state index contributed by atoms with van der Waals surface area (Å²) < 4.78 is 0. The zero-order chi connectivity index (χ0) is 12.8. The third-order valence-electron chi connectivity index (χ3n) is 2.78. The van der Waals surface area contributed by atoms with E-state index in [2.05, 4.69) is 56.8 Å². The van der Waals surface area contributed by atoms with Gasteiger partial charge in [-0.1, -0.05) is 44.2 Å². The molecule has 0 saturated heterocycles. The van der Waals surface area contributed by atoms with Gasteiger partial charge >= 0.3 is 0 Å². The summed E-state index contributed by atoms with van der Waals surface area (Å²) in [5.41, 5.74) is 5.25. The molecule has 0 radical (unpaired) electrons. The van der Waals surface area contributed by atoms with Crippen molar-refractivity contribution in [2.45, 2.75) is 32.6 Å². The molecular formula is C16H20S. The molecule has 0 N–H and O–H groups in total. The molecule has 0 aliphatic carbocycles. The molecule has 0 aliphatic rings. The number of rotatable bonds is 1. The fourth-order valence-corrected chi connectivity index (χ4v) is 1.85. The van der Waals surface area contributed by atoms with Crippen molar-refractivity contribution in [1.82, 2.24) is 0 Å². The molecule has 1 heteroatoms. The molecule has 2 aromatic carbocycles. The van der Waals surface area contributed by atoms with E-state index in [0.717, 1.165) is 4.90 Å². The quantitative estimate of drug-likeness (QED) is 0.648. The Hall–Kier alpha value is -1.21. The fourth-order valence-electron chi connectivity index (χ4n) is 1.70. The summed E-state index contributed by atoms with van der Waals surface area (Å²) in [7, 11) is 0. The lowest BCUT2D eigenvalue weighted by Gasteiger charge is -2.08. The maximum atomic E-state index is 4.29. The normalized spacial score (nSPS) is 9.47. The Balaban J connectivity index is 0.000000686. The summed E-state index contributed by atoms with van der Waals surface area (Å²) >= 11 is 4.29. The number of hydrogen-bond acceptors (Lipinski definition) is 1. The van der Waals surface area contributed by atoms with E-state index in [1.165, 1.54) is 22.3 Å². The van der Waals surface area contributed by atoms with Crippen LogP contribution >= 0.6 is 12.6 Å². The third-order valence-corrected chi connectivity index (χ3v) is 3.08. The minimum atomic E-state index is 1.00. The molecule has 0 bridgehead atoms. The molecule has 0 saturated carbocycles. The molecule has 0 amide bonds. The first kappa shape index (κ1) is 13.9. The second-order valence-electron chi connectivity index (χ2n) is 3.79. The number of benzene rings is 2. The van der Waals surface area contributed by atoms with E-state index in [9.17, 15) is 0 Å². The predicted octanol–water partition coefficient (Wildman–Crippen LogP) is 5.29. The van der Waals surface area contributed by atoms with Gasteiger partial charge in [0, 0.05) is 4.90 Å². The van der Waals surface area contributed by atoms with Crippen LogP contribution < -0.4 is 0 Å². The molecule has 0 heterocycles. The molecule has 0 unspecified atom stereocenters. The lowest BCUT2D eigenvalue weighted by atomic mass is 9.97. The van der Waals surface area contributed by atoms with Crippen molar-refractivity contribution in [2.75, 3.05) is 0 Å². The second kappa shape index (κ2) is 6.51. The average Bonchev–Trinajstić information content (AvgIpc) is 2.37. The van der Waals surface area contributed by atoms with Crippen LogP contribution in [0.2, 0.25) is 0 Å². The number of hydrogen-bond donors (Lipinski definition) is 1. The smallest absolute Gasteiger partial charge is 0.00404 e. The number of thiol groups is 1. The zero-order valence-corrected chi connectivity index (χ0v) is 11.9. The summed E-state index contributed by atoms with van der Waals surface area (Å²) in [6.07, 6.45) is 0. The molecular weight excluding hydrogens is 224 g/mol. The van der Waals surface area contributed by atoms with Gasteiger partial charge < -0.3 is 0 Å². The van der Waals surface area contributed by atoms with E-state index in [1.54, 1.807) is 0 Å². The Morgan fingerprint density at radius 1 is 0.824 bits per heavy atom. The lowest BCUT2D eigenvalue weighted by Crippen LogP contribution is -1.86. The van der Waals surface area contributed by atoms with Crippen molar-refractivity contribution in [3.05, 3.63) is 53.6 Å². The van der Waals surface area contributed by atoms with Gasteiger partial charge in [-0.25, -0.2) is 0 Å². The minimum Gasteiger partial charge on any atom is -0.143 e. The van der Waals surface area contributed by atoms with E-state index in [1.807, 2.05) is 26.0 Å².